The van der Waals surface area contributed by atoms with Crippen LogP contribution in [0, 0.1) is 0 Å². The topological polar surface area (TPSA) is 92.3 Å². The fraction of sp³-hybridized carbons (Fsp3) is 0. The van der Waals surface area contributed by atoms with Gasteiger partial charge >= 0.3 is 0 Å². The lowest BCUT2D eigenvalue weighted by Gasteiger charge is -1.95. The van der Waals surface area contributed by atoms with Gasteiger partial charge in [0.05, 0.1) is 0 Å². The van der Waals surface area contributed by atoms with Gasteiger partial charge in [0.25, 0.3) is 5.88 Å². The minimum absolute atomic E-state index is 0.396. The van der Waals surface area contributed by atoms with Gasteiger partial charge in [-0.25, -0.2) is 0 Å². The molecule has 60 valence electrons. The Bertz CT molecular complexity index is 263. The molecule has 0 aromatic carbocycles. The van der Waals surface area contributed by atoms with Crippen molar-refractivity contribution >= 4 is 0 Å². The van der Waals surface area contributed by atoms with Crippen LogP contribution in [0.4, 0.5) is 0 Å². The first-order chi connectivity index (χ1) is 5.22. The van der Waals surface area contributed by atoms with Crippen LogP contribution in [-0.4, -0.2) is 25.5 Å². The molecule has 1 heterocycles. The lowest BCUT2D eigenvalue weighted by atomic mass is 10.4. The molecule has 0 atom stereocenters. The van der Waals surface area contributed by atoms with Crippen LogP contribution in [0.25, 0.3) is 0 Å². The monoisotopic (exact) mass is 156 g/mol. The highest BCUT2D eigenvalue weighted by atomic mass is 16.3. The van der Waals surface area contributed by atoms with E-state index in [2.05, 4.69) is 10.2 Å². The van der Waals surface area contributed by atoms with Crippen LogP contribution in [0.15, 0.2) is 18.3 Å². The standard InChI is InChI=1S/C6H8N2O3/c9-4-2-1-3-7-8-6(11)5(4)10/h1-3,7-11H. The van der Waals surface area contributed by atoms with Gasteiger partial charge < -0.3 is 20.4 Å². The van der Waals surface area contributed by atoms with Crippen LogP contribution < -0.4 is 0 Å². The predicted octanol–water partition coefficient (Wildman–Crippen LogP) is 0.584. The maximum atomic E-state index is 8.93. The van der Waals surface area contributed by atoms with E-state index in [-0.39, 0.29) is 0 Å². The zero-order valence-corrected chi connectivity index (χ0v) is 5.57. The molecule has 1 aromatic heterocycles. The van der Waals surface area contributed by atoms with Gasteiger partial charge in [0, 0.05) is 6.20 Å². The smallest absolute Gasteiger partial charge is 0.250 e. The van der Waals surface area contributed by atoms with Crippen molar-refractivity contribution in [2.24, 2.45) is 0 Å². The van der Waals surface area contributed by atoms with Crippen molar-refractivity contribution < 1.29 is 15.3 Å². The highest BCUT2D eigenvalue weighted by molar-refractivity contribution is 5.41. The summed E-state index contributed by atoms with van der Waals surface area (Å²) in [5.74, 6) is -1.52. The predicted molar refractivity (Wildman–Crippen MR) is 37.8 cm³/mol. The third-order valence-corrected chi connectivity index (χ3v) is 1.09. The van der Waals surface area contributed by atoms with Crippen LogP contribution >= 0.6 is 0 Å². The summed E-state index contributed by atoms with van der Waals surface area (Å²) in [6, 6.07) is 2.70. The Hall–Kier alpha value is -1.78. The molecule has 0 aliphatic rings. The van der Waals surface area contributed by atoms with Crippen molar-refractivity contribution in [3.05, 3.63) is 18.3 Å². The van der Waals surface area contributed by atoms with Gasteiger partial charge in [-0.3, -0.25) is 5.10 Å². The number of hydrogen-bond acceptors (Lipinski definition) is 3. The largest absolute Gasteiger partial charge is 0.504 e. The number of H-pyrrole nitrogens is 2. The van der Waals surface area contributed by atoms with E-state index in [0.29, 0.717) is 0 Å². The van der Waals surface area contributed by atoms with E-state index in [1.807, 2.05) is 0 Å². The van der Waals surface area contributed by atoms with E-state index in [1.165, 1.54) is 18.3 Å². The SMILES string of the molecule is Oc1ccc[nH][nH]c(O)c1O. The highest BCUT2D eigenvalue weighted by Gasteiger charge is 1.99. The molecule has 0 aliphatic carbocycles. The maximum absolute atomic E-state index is 8.93. The summed E-state index contributed by atoms with van der Waals surface area (Å²) in [5, 5.41) is 31.4. The maximum Gasteiger partial charge on any atom is 0.250 e. The third-order valence-electron chi connectivity index (χ3n) is 1.09. The summed E-state index contributed by atoms with van der Waals surface area (Å²) < 4.78 is 0. The Morgan fingerprint density at radius 2 is 1.91 bits per heavy atom. The van der Waals surface area contributed by atoms with Gasteiger partial charge in [-0.2, -0.15) is 0 Å². The van der Waals surface area contributed by atoms with E-state index in [0.717, 1.165) is 0 Å². The van der Waals surface area contributed by atoms with Crippen LogP contribution in [0.2, 0.25) is 0 Å². The average Bonchev–Trinajstić information content (AvgIpc) is 2.00. The van der Waals surface area contributed by atoms with Crippen LogP contribution in [0.3, 0.4) is 0 Å². The number of aromatic amines is 2. The van der Waals surface area contributed by atoms with Gasteiger partial charge in [0.1, 0.15) is 0 Å². The Kier molecular flexibility index (Phi) is 1.91. The zero-order valence-electron chi connectivity index (χ0n) is 5.57. The fourth-order valence-corrected chi connectivity index (χ4v) is 0.557. The summed E-state index contributed by atoms with van der Waals surface area (Å²) in [6.07, 6.45) is 1.44. The molecule has 0 unspecified atom stereocenters. The van der Waals surface area contributed by atoms with Crippen molar-refractivity contribution in [2.45, 2.75) is 0 Å². The van der Waals surface area contributed by atoms with Crippen molar-refractivity contribution in [3.63, 3.8) is 0 Å². The van der Waals surface area contributed by atoms with Crippen molar-refractivity contribution in [1.82, 2.24) is 10.2 Å². The van der Waals surface area contributed by atoms with Crippen LogP contribution in [0.1, 0.15) is 0 Å². The highest BCUT2D eigenvalue weighted by Crippen LogP contribution is 2.28. The molecule has 0 spiro atoms. The molecule has 1 rings (SSSR count). The molecule has 5 N–H and O–H groups in total. The minimum atomic E-state index is -0.596. The molecule has 0 radical (unpaired) electrons. The summed E-state index contributed by atoms with van der Waals surface area (Å²) >= 11 is 0. The second-order valence-corrected chi connectivity index (χ2v) is 1.88. The summed E-state index contributed by atoms with van der Waals surface area (Å²) in [4.78, 5) is 0. The quantitative estimate of drug-likeness (QED) is 0.380. The molecule has 5 heteroatoms. The van der Waals surface area contributed by atoms with E-state index in [4.69, 9.17) is 15.3 Å². The molecular formula is C6H8N2O3. The lowest BCUT2D eigenvalue weighted by Crippen LogP contribution is -1.76. The first-order valence-corrected chi connectivity index (χ1v) is 2.91. The normalized spacial score (nSPS) is 9.09. The summed E-state index contributed by atoms with van der Waals surface area (Å²) in [7, 11) is 0. The molecule has 11 heavy (non-hydrogen) atoms. The average molecular weight is 156 g/mol. The van der Waals surface area contributed by atoms with Gasteiger partial charge in [-0.15, -0.1) is 0 Å². The Labute approximate surface area is 62.2 Å². The number of nitrogens with one attached hydrogen (secondary N) is 2. The number of aromatic nitrogens is 2. The second-order valence-electron chi connectivity index (χ2n) is 1.88. The van der Waals surface area contributed by atoms with Gasteiger partial charge in [-0.1, -0.05) is 0 Å². The molecule has 0 bridgehead atoms. The Morgan fingerprint density at radius 1 is 1.18 bits per heavy atom. The number of rotatable bonds is 0. The molecule has 0 fully saturated rings. The van der Waals surface area contributed by atoms with Crippen molar-refractivity contribution in [2.75, 3.05) is 0 Å². The fourth-order valence-electron chi connectivity index (χ4n) is 0.557. The van der Waals surface area contributed by atoms with Crippen molar-refractivity contribution in [3.8, 4) is 17.4 Å². The Morgan fingerprint density at radius 3 is 2.64 bits per heavy atom. The van der Waals surface area contributed by atoms with Gasteiger partial charge in [-0.05, 0) is 12.1 Å². The van der Waals surface area contributed by atoms with Crippen LogP contribution in [-0.2, 0) is 0 Å². The van der Waals surface area contributed by atoms with E-state index < -0.39 is 17.4 Å². The molecule has 0 saturated carbocycles. The van der Waals surface area contributed by atoms with E-state index in [9.17, 15) is 0 Å². The first-order valence-electron chi connectivity index (χ1n) is 2.91. The van der Waals surface area contributed by atoms with Gasteiger partial charge in [0.15, 0.2) is 5.75 Å². The lowest BCUT2D eigenvalue weighted by molar-refractivity contribution is 0.357. The molecular weight excluding hydrogens is 148 g/mol. The summed E-state index contributed by atoms with van der Waals surface area (Å²) in [5.41, 5.74) is 0. The zero-order chi connectivity index (χ0) is 8.27. The Balaban J connectivity index is 3.37. The minimum Gasteiger partial charge on any atom is -0.504 e. The van der Waals surface area contributed by atoms with E-state index >= 15 is 0 Å². The number of hydrogen-bond donors (Lipinski definition) is 5. The van der Waals surface area contributed by atoms with Gasteiger partial charge in [0.2, 0.25) is 5.75 Å². The molecule has 0 amide bonds. The summed E-state index contributed by atoms with van der Waals surface area (Å²) in [6.45, 7) is 0. The molecule has 0 aliphatic heterocycles. The van der Waals surface area contributed by atoms with E-state index in [1.54, 1.807) is 0 Å². The third kappa shape index (κ3) is 1.57. The molecule has 1 aromatic rings. The van der Waals surface area contributed by atoms with Crippen LogP contribution in [0.5, 0.6) is 17.4 Å². The number of aromatic hydroxyl groups is 3. The molecule has 0 saturated heterocycles. The molecule has 5 nitrogen and oxygen atoms in total. The van der Waals surface area contributed by atoms with Crippen molar-refractivity contribution in [1.29, 1.82) is 0 Å². The second kappa shape index (κ2) is 2.87. The first kappa shape index (κ1) is 7.33.